The van der Waals surface area contributed by atoms with Crippen LogP contribution in [0.15, 0.2) is 0 Å². The quantitative estimate of drug-likeness (QED) is 0.619. The third-order valence-electron chi connectivity index (χ3n) is 2.37. The first-order chi connectivity index (χ1) is 5.54. The van der Waals surface area contributed by atoms with Crippen LogP contribution >= 0.6 is 0 Å². The van der Waals surface area contributed by atoms with E-state index in [2.05, 4.69) is 0 Å². The van der Waals surface area contributed by atoms with E-state index >= 15 is 0 Å². The zero-order valence-corrected chi connectivity index (χ0v) is 9.00. The van der Waals surface area contributed by atoms with Crippen LogP contribution in [0.2, 0.25) is 0 Å². The van der Waals surface area contributed by atoms with Gasteiger partial charge >= 0.3 is 6.18 Å². The first kappa shape index (κ1) is 12.8. The molecule has 0 bridgehead atoms. The Labute approximate surface area is 78.5 Å². The van der Waals surface area contributed by atoms with Gasteiger partial charge < -0.3 is 0 Å². The van der Waals surface area contributed by atoms with Crippen molar-refractivity contribution in [3.8, 4) is 0 Å². The molecular weight excluding hydrogens is 177 g/mol. The maximum atomic E-state index is 12.2. The summed E-state index contributed by atoms with van der Waals surface area (Å²) in [6, 6.07) is 0. The summed E-state index contributed by atoms with van der Waals surface area (Å²) in [4.78, 5) is 0. The molecule has 13 heavy (non-hydrogen) atoms. The highest BCUT2D eigenvalue weighted by Gasteiger charge is 2.38. The summed E-state index contributed by atoms with van der Waals surface area (Å²) in [5, 5.41) is 0. The Morgan fingerprint density at radius 1 is 1.00 bits per heavy atom. The Balaban J connectivity index is 4.47. The van der Waals surface area contributed by atoms with Gasteiger partial charge in [0.25, 0.3) is 0 Å². The molecule has 1 atom stereocenters. The lowest BCUT2D eigenvalue weighted by molar-refractivity contribution is -0.156. The van der Waals surface area contributed by atoms with Crippen LogP contribution < -0.4 is 0 Å². The molecule has 0 nitrogen and oxygen atoms in total. The summed E-state index contributed by atoms with van der Waals surface area (Å²) < 4.78 is 36.6. The first-order valence-electron chi connectivity index (χ1n) is 4.61. The van der Waals surface area contributed by atoms with Crippen LogP contribution in [-0.2, 0) is 0 Å². The van der Waals surface area contributed by atoms with E-state index in [-0.39, 0.29) is 17.3 Å². The van der Waals surface area contributed by atoms with Gasteiger partial charge in [-0.15, -0.1) is 0 Å². The summed E-state index contributed by atoms with van der Waals surface area (Å²) >= 11 is 0. The summed E-state index contributed by atoms with van der Waals surface area (Å²) in [5.41, 5.74) is -0.274. The largest absolute Gasteiger partial charge is 0.389 e. The minimum Gasteiger partial charge on any atom is -0.171 e. The zero-order chi connectivity index (χ0) is 10.9. The molecule has 0 fully saturated rings. The van der Waals surface area contributed by atoms with Crippen LogP contribution in [0.25, 0.3) is 0 Å². The van der Waals surface area contributed by atoms with Gasteiger partial charge in [0, 0.05) is 6.42 Å². The van der Waals surface area contributed by atoms with Crippen molar-refractivity contribution in [3.63, 3.8) is 0 Å². The maximum absolute atomic E-state index is 12.2. The normalized spacial score (nSPS) is 16.4. The lowest BCUT2D eigenvalue weighted by atomic mass is 9.72. The Morgan fingerprint density at radius 3 is 1.46 bits per heavy atom. The molecule has 0 radical (unpaired) electrons. The highest BCUT2D eigenvalue weighted by Crippen LogP contribution is 2.39. The standard InChI is InChI=1S/C10H19F3/c1-7(2)8(9(3,4)5)6-10(11,12)13/h7-8H,6H2,1-5H3/t8-/m1/s1. The number of rotatable bonds is 2. The smallest absolute Gasteiger partial charge is 0.171 e. The number of hydrogen-bond donors (Lipinski definition) is 0. The minimum atomic E-state index is -4.04. The molecule has 0 aromatic rings. The molecule has 0 saturated heterocycles. The van der Waals surface area contributed by atoms with Gasteiger partial charge in [-0.05, 0) is 17.3 Å². The second-order valence-corrected chi connectivity index (χ2v) is 5.04. The molecule has 0 heterocycles. The van der Waals surface area contributed by atoms with Crippen molar-refractivity contribution in [2.75, 3.05) is 0 Å². The van der Waals surface area contributed by atoms with E-state index in [1.54, 1.807) is 0 Å². The van der Waals surface area contributed by atoms with Crippen molar-refractivity contribution in [1.82, 2.24) is 0 Å². The van der Waals surface area contributed by atoms with Gasteiger partial charge in [0.15, 0.2) is 0 Å². The average Bonchev–Trinajstić information content (AvgIpc) is 1.77. The molecule has 0 amide bonds. The van der Waals surface area contributed by atoms with Crippen LogP contribution in [-0.4, -0.2) is 6.18 Å². The zero-order valence-electron chi connectivity index (χ0n) is 9.00. The predicted octanol–water partition coefficient (Wildman–Crippen LogP) is 4.26. The predicted molar refractivity (Wildman–Crippen MR) is 48.5 cm³/mol. The van der Waals surface area contributed by atoms with Gasteiger partial charge in [0.2, 0.25) is 0 Å². The van der Waals surface area contributed by atoms with Crippen LogP contribution in [0.3, 0.4) is 0 Å². The van der Waals surface area contributed by atoms with Gasteiger partial charge in [-0.3, -0.25) is 0 Å². The third kappa shape index (κ3) is 5.17. The van der Waals surface area contributed by atoms with Gasteiger partial charge in [-0.1, -0.05) is 34.6 Å². The fourth-order valence-corrected chi connectivity index (χ4v) is 1.79. The third-order valence-corrected chi connectivity index (χ3v) is 2.37. The Bertz CT molecular complexity index is 151. The van der Waals surface area contributed by atoms with Crippen molar-refractivity contribution in [1.29, 1.82) is 0 Å². The van der Waals surface area contributed by atoms with E-state index in [0.717, 1.165) is 0 Å². The summed E-state index contributed by atoms with van der Waals surface area (Å²) in [5.74, 6) is -0.228. The fourth-order valence-electron chi connectivity index (χ4n) is 1.79. The molecule has 0 N–H and O–H groups in total. The number of halogens is 3. The van der Waals surface area contributed by atoms with Gasteiger partial charge in [-0.2, -0.15) is 13.2 Å². The highest BCUT2D eigenvalue weighted by molar-refractivity contribution is 4.78. The van der Waals surface area contributed by atoms with Crippen molar-refractivity contribution in [2.45, 2.75) is 47.2 Å². The molecule has 3 heteroatoms. The molecule has 0 aromatic carbocycles. The molecule has 0 unspecified atom stereocenters. The Kier molecular flexibility index (Phi) is 3.82. The van der Waals surface area contributed by atoms with E-state index in [4.69, 9.17) is 0 Å². The van der Waals surface area contributed by atoms with Crippen LogP contribution in [0.4, 0.5) is 13.2 Å². The molecule has 80 valence electrons. The van der Waals surface area contributed by atoms with E-state index < -0.39 is 12.6 Å². The molecule has 0 spiro atoms. The minimum absolute atomic E-state index is 0.0709. The lowest BCUT2D eigenvalue weighted by Crippen LogP contribution is -2.30. The van der Waals surface area contributed by atoms with Crippen molar-refractivity contribution < 1.29 is 13.2 Å². The molecule has 0 rings (SSSR count). The topological polar surface area (TPSA) is 0 Å². The van der Waals surface area contributed by atoms with Crippen LogP contribution in [0, 0.1) is 17.3 Å². The molecule has 0 aliphatic rings. The molecule has 0 aliphatic heterocycles. The summed E-state index contributed by atoms with van der Waals surface area (Å²) in [7, 11) is 0. The Morgan fingerprint density at radius 2 is 1.38 bits per heavy atom. The van der Waals surface area contributed by atoms with Gasteiger partial charge in [0.05, 0.1) is 0 Å². The molecule has 0 saturated carbocycles. The fraction of sp³-hybridized carbons (Fsp3) is 1.00. The second kappa shape index (κ2) is 3.89. The van der Waals surface area contributed by atoms with Crippen molar-refractivity contribution in [3.05, 3.63) is 0 Å². The number of hydrogen-bond acceptors (Lipinski definition) is 0. The SMILES string of the molecule is CC(C)[C@@H](CC(F)(F)F)C(C)(C)C. The molecule has 0 aromatic heterocycles. The summed E-state index contributed by atoms with van der Waals surface area (Å²) in [6.45, 7) is 9.29. The van der Waals surface area contributed by atoms with Gasteiger partial charge in [-0.25, -0.2) is 0 Å². The summed E-state index contributed by atoms with van der Waals surface area (Å²) in [6.07, 6.45) is -4.71. The Hall–Kier alpha value is -0.210. The lowest BCUT2D eigenvalue weighted by Gasteiger charge is -2.34. The average molecular weight is 196 g/mol. The second-order valence-electron chi connectivity index (χ2n) is 5.04. The van der Waals surface area contributed by atoms with E-state index in [0.29, 0.717) is 0 Å². The van der Waals surface area contributed by atoms with Gasteiger partial charge in [0.1, 0.15) is 0 Å². The number of alkyl halides is 3. The highest BCUT2D eigenvalue weighted by atomic mass is 19.4. The van der Waals surface area contributed by atoms with Crippen LogP contribution in [0.5, 0.6) is 0 Å². The maximum Gasteiger partial charge on any atom is 0.389 e. The van der Waals surface area contributed by atoms with Crippen molar-refractivity contribution in [2.24, 2.45) is 17.3 Å². The van der Waals surface area contributed by atoms with E-state index in [9.17, 15) is 13.2 Å². The van der Waals surface area contributed by atoms with Crippen LogP contribution in [0.1, 0.15) is 41.0 Å². The first-order valence-corrected chi connectivity index (χ1v) is 4.61. The molecular formula is C10H19F3. The molecule has 0 aliphatic carbocycles. The van der Waals surface area contributed by atoms with Crippen molar-refractivity contribution >= 4 is 0 Å². The van der Waals surface area contributed by atoms with E-state index in [1.807, 2.05) is 34.6 Å². The monoisotopic (exact) mass is 196 g/mol. The van der Waals surface area contributed by atoms with E-state index in [1.165, 1.54) is 0 Å².